The van der Waals surface area contributed by atoms with Crippen molar-refractivity contribution < 1.29 is 9.59 Å². The van der Waals surface area contributed by atoms with Crippen LogP contribution in [0.1, 0.15) is 59.1 Å². The predicted octanol–water partition coefficient (Wildman–Crippen LogP) is 3.35. The van der Waals surface area contributed by atoms with Crippen molar-refractivity contribution in [3.8, 4) is 0 Å². The van der Waals surface area contributed by atoms with Gasteiger partial charge in [0.1, 0.15) is 0 Å². The van der Waals surface area contributed by atoms with Crippen molar-refractivity contribution in [1.29, 1.82) is 0 Å². The van der Waals surface area contributed by atoms with Crippen molar-refractivity contribution in [3.63, 3.8) is 0 Å². The van der Waals surface area contributed by atoms with E-state index in [1.54, 1.807) is 11.3 Å². The van der Waals surface area contributed by atoms with E-state index in [4.69, 9.17) is 0 Å². The first-order chi connectivity index (χ1) is 12.1. The SMILES string of the molecule is CC1CCN(C(=O)C2CCc3sc(C(=O)N4CCCC4)cc3C2)CC1. The van der Waals surface area contributed by atoms with Gasteiger partial charge >= 0.3 is 0 Å². The van der Waals surface area contributed by atoms with Crippen LogP contribution >= 0.6 is 11.3 Å². The van der Waals surface area contributed by atoms with Gasteiger partial charge in [-0.3, -0.25) is 9.59 Å². The molecule has 136 valence electrons. The van der Waals surface area contributed by atoms with E-state index in [0.717, 1.165) is 81.9 Å². The summed E-state index contributed by atoms with van der Waals surface area (Å²) in [6, 6.07) is 2.08. The maximum Gasteiger partial charge on any atom is 0.263 e. The Morgan fingerprint density at radius 1 is 1.04 bits per heavy atom. The maximum atomic E-state index is 12.9. The lowest BCUT2D eigenvalue weighted by atomic mass is 9.86. The summed E-state index contributed by atoms with van der Waals surface area (Å²) < 4.78 is 0. The average molecular weight is 361 g/mol. The minimum Gasteiger partial charge on any atom is -0.342 e. The predicted molar refractivity (Wildman–Crippen MR) is 99.9 cm³/mol. The zero-order chi connectivity index (χ0) is 17.4. The van der Waals surface area contributed by atoms with Gasteiger partial charge in [0.25, 0.3) is 5.91 Å². The second kappa shape index (κ2) is 7.10. The highest BCUT2D eigenvalue weighted by atomic mass is 32.1. The number of carbonyl (C=O) groups is 2. The summed E-state index contributed by atoms with van der Waals surface area (Å²) in [6.45, 7) is 5.92. The Balaban J connectivity index is 1.42. The van der Waals surface area contributed by atoms with Gasteiger partial charge in [-0.2, -0.15) is 0 Å². The normalized spacial score (nSPS) is 24.4. The Kier molecular flexibility index (Phi) is 4.85. The fraction of sp³-hybridized carbons (Fsp3) is 0.700. The lowest BCUT2D eigenvalue weighted by Gasteiger charge is -2.34. The van der Waals surface area contributed by atoms with Crippen LogP contribution in [0.15, 0.2) is 6.07 Å². The van der Waals surface area contributed by atoms with Gasteiger partial charge in [0.15, 0.2) is 0 Å². The lowest BCUT2D eigenvalue weighted by molar-refractivity contribution is -0.137. The highest BCUT2D eigenvalue weighted by Gasteiger charge is 2.32. The van der Waals surface area contributed by atoms with Crippen LogP contribution in [0.5, 0.6) is 0 Å². The Labute approximate surface area is 154 Å². The second-order valence-corrected chi connectivity index (χ2v) is 9.14. The number of amides is 2. The van der Waals surface area contributed by atoms with Gasteiger partial charge < -0.3 is 9.80 Å². The standard InChI is InChI=1S/C20H28N2O2S/c1-14-6-10-22(11-7-14)19(23)15-4-5-17-16(12-15)13-18(25-17)20(24)21-8-2-3-9-21/h13-15H,2-12H2,1H3. The maximum absolute atomic E-state index is 12.9. The first-order valence-electron chi connectivity index (χ1n) is 9.81. The van der Waals surface area contributed by atoms with E-state index >= 15 is 0 Å². The number of aryl methyl sites for hydroxylation is 1. The molecule has 2 aliphatic heterocycles. The van der Waals surface area contributed by atoms with Crippen molar-refractivity contribution in [1.82, 2.24) is 9.80 Å². The number of hydrogen-bond donors (Lipinski definition) is 0. The van der Waals surface area contributed by atoms with Crippen LogP contribution in [-0.2, 0) is 17.6 Å². The van der Waals surface area contributed by atoms with Crippen molar-refractivity contribution in [3.05, 3.63) is 21.4 Å². The van der Waals surface area contributed by atoms with Gasteiger partial charge in [-0.05, 0) is 62.5 Å². The first-order valence-corrected chi connectivity index (χ1v) is 10.6. The van der Waals surface area contributed by atoms with Crippen LogP contribution in [0.25, 0.3) is 0 Å². The molecule has 3 heterocycles. The Morgan fingerprint density at radius 2 is 1.76 bits per heavy atom. The number of carbonyl (C=O) groups excluding carboxylic acids is 2. The second-order valence-electron chi connectivity index (χ2n) is 8.01. The molecule has 0 saturated carbocycles. The summed E-state index contributed by atoms with van der Waals surface area (Å²) in [6.07, 6.45) is 7.24. The lowest BCUT2D eigenvalue weighted by Crippen LogP contribution is -2.42. The van der Waals surface area contributed by atoms with Crippen molar-refractivity contribution in [2.45, 2.75) is 51.9 Å². The summed E-state index contributed by atoms with van der Waals surface area (Å²) in [7, 11) is 0. The van der Waals surface area contributed by atoms with E-state index in [1.165, 1.54) is 10.4 Å². The Morgan fingerprint density at radius 3 is 2.48 bits per heavy atom. The molecule has 1 aliphatic carbocycles. The van der Waals surface area contributed by atoms with E-state index in [-0.39, 0.29) is 11.8 Å². The van der Waals surface area contributed by atoms with Gasteiger partial charge in [0.2, 0.25) is 5.91 Å². The van der Waals surface area contributed by atoms with Gasteiger partial charge in [-0.15, -0.1) is 11.3 Å². The van der Waals surface area contributed by atoms with Crippen LogP contribution in [0.2, 0.25) is 0 Å². The number of piperidine rings is 1. The van der Waals surface area contributed by atoms with E-state index in [0.29, 0.717) is 5.91 Å². The zero-order valence-electron chi connectivity index (χ0n) is 15.1. The highest BCUT2D eigenvalue weighted by Crippen LogP contribution is 2.34. The minimum absolute atomic E-state index is 0.116. The fourth-order valence-electron chi connectivity index (χ4n) is 4.40. The zero-order valence-corrected chi connectivity index (χ0v) is 15.9. The molecule has 0 bridgehead atoms. The molecular weight excluding hydrogens is 332 g/mol. The third kappa shape index (κ3) is 3.48. The molecule has 2 saturated heterocycles. The summed E-state index contributed by atoms with van der Waals surface area (Å²) in [5, 5.41) is 0. The van der Waals surface area contributed by atoms with Crippen molar-refractivity contribution in [2.24, 2.45) is 11.8 Å². The number of likely N-dealkylation sites (tertiary alicyclic amines) is 2. The first kappa shape index (κ1) is 17.1. The number of fused-ring (bicyclic) bond motifs is 1. The number of thiophene rings is 1. The molecule has 1 atom stereocenters. The molecule has 25 heavy (non-hydrogen) atoms. The van der Waals surface area contributed by atoms with Gasteiger partial charge in [0, 0.05) is 37.0 Å². The summed E-state index contributed by atoms with van der Waals surface area (Å²) in [5.41, 5.74) is 1.25. The monoisotopic (exact) mass is 360 g/mol. The molecule has 0 N–H and O–H groups in total. The highest BCUT2D eigenvalue weighted by molar-refractivity contribution is 7.14. The quantitative estimate of drug-likeness (QED) is 0.811. The molecule has 1 aromatic rings. The van der Waals surface area contributed by atoms with Crippen LogP contribution in [0, 0.1) is 11.8 Å². The van der Waals surface area contributed by atoms with Gasteiger partial charge in [-0.25, -0.2) is 0 Å². The van der Waals surface area contributed by atoms with Crippen LogP contribution in [-0.4, -0.2) is 47.8 Å². The molecule has 0 radical (unpaired) electrons. The molecule has 3 aliphatic rings. The molecule has 4 rings (SSSR count). The van der Waals surface area contributed by atoms with Crippen LogP contribution in [0.4, 0.5) is 0 Å². The topological polar surface area (TPSA) is 40.6 Å². The van der Waals surface area contributed by atoms with Crippen LogP contribution < -0.4 is 0 Å². The van der Waals surface area contributed by atoms with Crippen LogP contribution in [0.3, 0.4) is 0 Å². The molecule has 4 nitrogen and oxygen atoms in total. The Hall–Kier alpha value is -1.36. The summed E-state index contributed by atoms with van der Waals surface area (Å²) in [4.78, 5) is 31.8. The number of hydrogen-bond acceptors (Lipinski definition) is 3. The Bertz CT molecular complexity index is 655. The molecule has 1 aromatic heterocycles. The number of rotatable bonds is 2. The summed E-state index contributed by atoms with van der Waals surface area (Å²) in [5.74, 6) is 1.41. The third-order valence-electron chi connectivity index (χ3n) is 6.13. The largest absolute Gasteiger partial charge is 0.342 e. The molecule has 0 spiro atoms. The van der Waals surface area contributed by atoms with Gasteiger partial charge in [0.05, 0.1) is 4.88 Å². The van der Waals surface area contributed by atoms with Crippen molar-refractivity contribution >= 4 is 23.2 Å². The fourth-order valence-corrected chi connectivity index (χ4v) is 5.58. The van der Waals surface area contributed by atoms with E-state index < -0.39 is 0 Å². The van der Waals surface area contributed by atoms with E-state index in [1.807, 2.05) is 4.90 Å². The molecule has 2 fully saturated rings. The molecule has 5 heteroatoms. The minimum atomic E-state index is 0.116. The smallest absolute Gasteiger partial charge is 0.263 e. The third-order valence-corrected chi connectivity index (χ3v) is 7.36. The van der Waals surface area contributed by atoms with Gasteiger partial charge in [-0.1, -0.05) is 6.92 Å². The van der Waals surface area contributed by atoms with E-state index in [9.17, 15) is 9.59 Å². The van der Waals surface area contributed by atoms with Crippen molar-refractivity contribution in [2.75, 3.05) is 26.2 Å². The summed E-state index contributed by atoms with van der Waals surface area (Å²) >= 11 is 1.66. The average Bonchev–Trinajstić information content (AvgIpc) is 3.30. The molecule has 0 aromatic carbocycles. The molecular formula is C20H28N2O2S. The number of nitrogens with zero attached hydrogens (tertiary/aromatic N) is 2. The van der Waals surface area contributed by atoms with E-state index in [2.05, 4.69) is 17.9 Å². The molecule has 2 amide bonds. The molecule has 1 unspecified atom stereocenters.